The summed E-state index contributed by atoms with van der Waals surface area (Å²) in [5.41, 5.74) is 0.678. The van der Waals surface area contributed by atoms with Crippen molar-refractivity contribution in [2.45, 2.75) is 44.8 Å². The quantitative estimate of drug-likeness (QED) is 0.852. The summed E-state index contributed by atoms with van der Waals surface area (Å²) in [4.78, 5) is 18.6. The molecule has 1 saturated carbocycles. The molecule has 0 radical (unpaired) electrons. The van der Waals surface area contributed by atoms with Crippen molar-refractivity contribution >= 4 is 5.91 Å². The van der Waals surface area contributed by atoms with Crippen LogP contribution >= 0.6 is 0 Å². The maximum Gasteiger partial charge on any atom is 0.292 e. The maximum atomic E-state index is 12.5. The van der Waals surface area contributed by atoms with Crippen molar-refractivity contribution in [2.24, 2.45) is 0 Å². The van der Waals surface area contributed by atoms with E-state index in [0.29, 0.717) is 30.6 Å². The van der Waals surface area contributed by atoms with Gasteiger partial charge in [-0.15, -0.1) is 0 Å². The summed E-state index contributed by atoms with van der Waals surface area (Å²) in [6.45, 7) is 4.53. The third-order valence-corrected chi connectivity index (χ3v) is 4.06. The molecule has 3 heterocycles. The molecule has 0 bridgehead atoms. The van der Waals surface area contributed by atoms with Crippen LogP contribution in [0.5, 0.6) is 0 Å². The Labute approximate surface area is 132 Å². The first-order chi connectivity index (χ1) is 11.1. The lowest BCUT2D eigenvalue weighted by Crippen LogP contribution is -2.46. The second-order valence-electron chi connectivity index (χ2n) is 6.24. The van der Waals surface area contributed by atoms with E-state index in [4.69, 9.17) is 13.8 Å². The maximum absolute atomic E-state index is 12.5. The molecule has 0 N–H and O–H groups in total. The molecule has 2 atom stereocenters. The van der Waals surface area contributed by atoms with Crippen molar-refractivity contribution in [1.82, 2.24) is 20.2 Å². The predicted molar refractivity (Wildman–Crippen MR) is 76.7 cm³/mol. The van der Waals surface area contributed by atoms with Gasteiger partial charge in [-0.25, -0.2) is 0 Å². The topological polar surface area (TPSA) is 94.5 Å². The number of ether oxygens (including phenoxy) is 1. The van der Waals surface area contributed by atoms with E-state index in [2.05, 4.69) is 15.3 Å². The molecule has 23 heavy (non-hydrogen) atoms. The molecule has 8 heteroatoms. The van der Waals surface area contributed by atoms with E-state index in [1.807, 2.05) is 6.92 Å². The van der Waals surface area contributed by atoms with Crippen LogP contribution in [-0.4, -0.2) is 45.3 Å². The Morgan fingerprint density at radius 1 is 1.26 bits per heavy atom. The number of hydrogen-bond donors (Lipinski definition) is 0. The highest BCUT2D eigenvalue weighted by atomic mass is 16.5. The van der Waals surface area contributed by atoms with Crippen LogP contribution in [0.25, 0.3) is 0 Å². The van der Waals surface area contributed by atoms with Crippen LogP contribution in [0.2, 0.25) is 0 Å². The summed E-state index contributed by atoms with van der Waals surface area (Å²) in [6.07, 6.45) is 1.68. The number of aryl methyl sites for hydroxylation is 1. The van der Waals surface area contributed by atoms with Gasteiger partial charge >= 0.3 is 0 Å². The van der Waals surface area contributed by atoms with E-state index >= 15 is 0 Å². The Kier molecular flexibility index (Phi) is 3.41. The monoisotopic (exact) mass is 318 g/mol. The number of amides is 1. The molecule has 2 aromatic rings. The Bertz CT molecular complexity index is 721. The first-order valence-electron chi connectivity index (χ1n) is 7.81. The summed E-state index contributed by atoms with van der Waals surface area (Å²) in [5, 5.41) is 7.78. The predicted octanol–water partition coefficient (Wildman–Crippen LogP) is 1.85. The van der Waals surface area contributed by atoms with E-state index in [1.54, 1.807) is 17.9 Å². The Morgan fingerprint density at radius 3 is 2.78 bits per heavy atom. The second-order valence-corrected chi connectivity index (χ2v) is 6.24. The zero-order valence-electron chi connectivity index (χ0n) is 13.1. The van der Waals surface area contributed by atoms with Gasteiger partial charge in [0.1, 0.15) is 0 Å². The van der Waals surface area contributed by atoms with E-state index in [9.17, 15) is 4.79 Å². The summed E-state index contributed by atoms with van der Waals surface area (Å²) >= 11 is 0. The summed E-state index contributed by atoms with van der Waals surface area (Å²) in [5.74, 6) is 1.63. The minimum absolute atomic E-state index is 0.127. The lowest BCUT2D eigenvalue weighted by atomic mass is 10.2. The van der Waals surface area contributed by atoms with Crippen LogP contribution in [0.15, 0.2) is 15.1 Å². The molecular formula is C15H18N4O4. The van der Waals surface area contributed by atoms with Crippen molar-refractivity contribution in [2.75, 3.05) is 13.1 Å². The van der Waals surface area contributed by atoms with Crippen LogP contribution < -0.4 is 0 Å². The molecule has 0 unspecified atom stereocenters. The normalized spacial score (nSPS) is 24.9. The van der Waals surface area contributed by atoms with Gasteiger partial charge in [0.05, 0.1) is 18.3 Å². The number of carbonyl (C=O) groups excluding carboxylic acids is 1. The highest BCUT2D eigenvalue weighted by Gasteiger charge is 2.36. The van der Waals surface area contributed by atoms with E-state index in [0.717, 1.165) is 18.7 Å². The number of carbonyl (C=O) groups is 1. The molecular weight excluding hydrogens is 300 g/mol. The van der Waals surface area contributed by atoms with Crippen molar-refractivity contribution in [1.29, 1.82) is 0 Å². The molecule has 2 aromatic heterocycles. The van der Waals surface area contributed by atoms with Crippen LogP contribution in [0.4, 0.5) is 0 Å². The van der Waals surface area contributed by atoms with Crippen LogP contribution in [-0.2, 0) is 4.74 Å². The van der Waals surface area contributed by atoms with E-state index < -0.39 is 6.10 Å². The number of aromatic nitrogens is 3. The Morgan fingerprint density at radius 2 is 2.09 bits per heavy atom. The van der Waals surface area contributed by atoms with Crippen LogP contribution in [0.1, 0.15) is 59.8 Å². The van der Waals surface area contributed by atoms with Gasteiger partial charge in [0.2, 0.25) is 5.76 Å². The van der Waals surface area contributed by atoms with Crippen molar-refractivity contribution in [3.8, 4) is 0 Å². The van der Waals surface area contributed by atoms with Gasteiger partial charge in [0.15, 0.2) is 11.9 Å². The largest absolute Gasteiger partial charge is 0.362 e. The minimum atomic E-state index is -0.410. The minimum Gasteiger partial charge on any atom is -0.362 e. The molecule has 0 spiro atoms. The zero-order valence-corrected chi connectivity index (χ0v) is 13.1. The van der Waals surface area contributed by atoms with Gasteiger partial charge in [0, 0.05) is 18.5 Å². The van der Waals surface area contributed by atoms with Crippen LogP contribution in [0, 0.1) is 6.92 Å². The van der Waals surface area contributed by atoms with Gasteiger partial charge in [-0.2, -0.15) is 4.98 Å². The second kappa shape index (κ2) is 5.45. The number of hydrogen-bond acceptors (Lipinski definition) is 7. The molecule has 2 fully saturated rings. The molecule has 1 amide bonds. The molecule has 122 valence electrons. The fraction of sp³-hybridized carbons (Fsp3) is 0.600. The molecule has 2 aliphatic rings. The van der Waals surface area contributed by atoms with Crippen molar-refractivity contribution < 1.29 is 18.6 Å². The van der Waals surface area contributed by atoms with Gasteiger partial charge in [0.25, 0.3) is 11.8 Å². The fourth-order valence-corrected chi connectivity index (χ4v) is 2.76. The van der Waals surface area contributed by atoms with E-state index in [-0.39, 0.29) is 17.8 Å². The SMILES string of the molecule is Cc1cc(C(=O)N2C[C@@H](C)O[C@@H](c3nc(C4CC4)no3)C2)on1. The molecule has 1 aliphatic heterocycles. The average molecular weight is 318 g/mol. The first kappa shape index (κ1) is 14.4. The molecule has 1 aliphatic carbocycles. The third kappa shape index (κ3) is 2.86. The van der Waals surface area contributed by atoms with Gasteiger partial charge in [-0.05, 0) is 26.7 Å². The lowest BCUT2D eigenvalue weighted by Gasteiger charge is -2.34. The summed E-state index contributed by atoms with van der Waals surface area (Å²) < 4.78 is 16.3. The molecule has 0 aromatic carbocycles. The zero-order chi connectivity index (χ0) is 16.0. The Balaban J connectivity index is 1.51. The van der Waals surface area contributed by atoms with E-state index in [1.165, 1.54) is 0 Å². The molecule has 8 nitrogen and oxygen atoms in total. The highest BCUT2D eigenvalue weighted by Crippen LogP contribution is 2.39. The molecule has 4 rings (SSSR count). The van der Waals surface area contributed by atoms with Crippen molar-refractivity contribution in [3.05, 3.63) is 29.2 Å². The Hall–Kier alpha value is -2.22. The fourth-order valence-electron chi connectivity index (χ4n) is 2.76. The number of nitrogens with zero attached hydrogens (tertiary/aromatic N) is 4. The summed E-state index contributed by atoms with van der Waals surface area (Å²) in [7, 11) is 0. The smallest absolute Gasteiger partial charge is 0.292 e. The van der Waals surface area contributed by atoms with Crippen LogP contribution in [0.3, 0.4) is 0 Å². The first-order valence-corrected chi connectivity index (χ1v) is 7.81. The average Bonchev–Trinajstić information content (AvgIpc) is 3.10. The standard InChI is InChI=1S/C15H18N4O4/c1-8-5-11(22-17-8)15(20)19-6-9(2)21-12(7-19)14-16-13(18-23-14)10-3-4-10/h5,9-10,12H,3-4,6-7H2,1-2H3/t9-,12-/m1/s1. The van der Waals surface area contributed by atoms with Crippen molar-refractivity contribution in [3.63, 3.8) is 0 Å². The lowest BCUT2D eigenvalue weighted by molar-refractivity contribution is -0.0816. The summed E-state index contributed by atoms with van der Waals surface area (Å²) in [6, 6.07) is 1.63. The van der Waals surface area contributed by atoms with Gasteiger partial charge in [-0.3, -0.25) is 4.79 Å². The number of rotatable bonds is 3. The third-order valence-electron chi connectivity index (χ3n) is 4.06. The van der Waals surface area contributed by atoms with Gasteiger partial charge in [-0.1, -0.05) is 10.3 Å². The highest BCUT2D eigenvalue weighted by molar-refractivity contribution is 5.91. The molecule has 1 saturated heterocycles. The van der Waals surface area contributed by atoms with Gasteiger partial charge < -0.3 is 18.7 Å². The number of morpholine rings is 1.